The molecule has 9 heteroatoms. The second-order valence-electron chi connectivity index (χ2n) is 6.53. The number of hydrogen-bond acceptors (Lipinski definition) is 5. The van der Waals surface area contributed by atoms with Crippen LogP contribution in [0.3, 0.4) is 0 Å². The van der Waals surface area contributed by atoms with Gasteiger partial charge < -0.3 is 14.6 Å². The highest BCUT2D eigenvalue weighted by atomic mass is 32.2. The highest BCUT2D eigenvalue weighted by Gasteiger charge is 2.30. The third-order valence-corrected chi connectivity index (χ3v) is 5.50. The average molecular weight is 371 g/mol. The topological polar surface area (TPSA) is 99.8 Å². The molecule has 0 spiro atoms. The number of aromatic amines is 1. The van der Waals surface area contributed by atoms with E-state index in [9.17, 15) is 18.0 Å². The summed E-state index contributed by atoms with van der Waals surface area (Å²) in [6, 6.07) is 0. The van der Waals surface area contributed by atoms with E-state index in [-0.39, 0.29) is 25.1 Å². The van der Waals surface area contributed by atoms with Gasteiger partial charge in [-0.3, -0.25) is 4.79 Å². The molecule has 8 nitrogen and oxygen atoms in total. The van der Waals surface area contributed by atoms with Crippen molar-refractivity contribution in [1.82, 2.24) is 14.2 Å². The maximum Gasteiger partial charge on any atom is 0.340 e. The number of sulfonamides is 1. The number of hydrogen-bond donors (Lipinski definition) is 1. The summed E-state index contributed by atoms with van der Waals surface area (Å²) in [6.07, 6.45) is 0.916. The van der Waals surface area contributed by atoms with Crippen LogP contribution in [0.25, 0.3) is 0 Å². The molecule has 1 saturated heterocycles. The second kappa shape index (κ2) is 7.17. The van der Waals surface area contributed by atoms with Gasteiger partial charge in [0.25, 0.3) is 5.91 Å². The number of ether oxygens (including phenoxy) is 1. The predicted molar refractivity (Wildman–Crippen MR) is 93.1 cm³/mol. The Morgan fingerprint density at radius 2 is 1.68 bits per heavy atom. The van der Waals surface area contributed by atoms with E-state index in [0.29, 0.717) is 35.6 Å². The van der Waals surface area contributed by atoms with Crippen molar-refractivity contribution in [1.29, 1.82) is 0 Å². The van der Waals surface area contributed by atoms with Crippen LogP contribution in [0.1, 0.15) is 46.0 Å². The minimum absolute atomic E-state index is 0.239. The minimum Gasteiger partial charge on any atom is -0.459 e. The van der Waals surface area contributed by atoms with E-state index in [2.05, 4.69) is 4.98 Å². The zero-order valence-corrected chi connectivity index (χ0v) is 16.1. The third kappa shape index (κ3) is 4.21. The molecule has 1 fully saturated rings. The molecule has 2 rings (SSSR count). The standard InChI is InChI=1S/C16H25N3O5S/c1-10(2)24-16(21)13-11(3)14(17-12(13)4)15(20)18-6-8-19(9-7-18)25(5,22)23/h10,17H,6-9H2,1-5H3. The van der Waals surface area contributed by atoms with Gasteiger partial charge in [-0.1, -0.05) is 0 Å². The molecule has 140 valence electrons. The SMILES string of the molecule is Cc1[nH]c(C(=O)N2CCN(S(C)(=O)=O)CC2)c(C)c1C(=O)OC(C)C. The lowest BCUT2D eigenvalue weighted by Crippen LogP contribution is -2.50. The molecule has 1 aliphatic rings. The molecule has 1 aromatic heterocycles. The number of H-pyrrole nitrogens is 1. The van der Waals surface area contributed by atoms with Gasteiger partial charge in [0.2, 0.25) is 10.0 Å². The summed E-state index contributed by atoms with van der Waals surface area (Å²) in [5.74, 6) is -0.695. The number of esters is 1. The molecule has 0 unspecified atom stereocenters. The largest absolute Gasteiger partial charge is 0.459 e. The van der Waals surface area contributed by atoms with E-state index in [1.165, 1.54) is 4.31 Å². The van der Waals surface area contributed by atoms with Gasteiger partial charge in [-0.25, -0.2) is 13.2 Å². The van der Waals surface area contributed by atoms with Crippen LogP contribution < -0.4 is 0 Å². The van der Waals surface area contributed by atoms with E-state index in [0.717, 1.165) is 6.26 Å². The van der Waals surface area contributed by atoms with Crippen LogP contribution in [0, 0.1) is 13.8 Å². The number of rotatable bonds is 4. The molecule has 1 aromatic rings. The number of aryl methyl sites for hydroxylation is 1. The molecule has 0 aliphatic carbocycles. The van der Waals surface area contributed by atoms with Crippen molar-refractivity contribution in [2.24, 2.45) is 0 Å². The summed E-state index contributed by atoms with van der Waals surface area (Å²) < 4.78 is 29.7. The molecule has 1 N–H and O–H groups in total. The monoisotopic (exact) mass is 371 g/mol. The number of carbonyl (C=O) groups is 2. The van der Waals surface area contributed by atoms with Crippen LogP contribution >= 0.6 is 0 Å². The van der Waals surface area contributed by atoms with Crippen LogP contribution in [0.4, 0.5) is 0 Å². The number of aromatic nitrogens is 1. The number of amides is 1. The fourth-order valence-electron chi connectivity index (χ4n) is 2.92. The number of carbonyl (C=O) groups excluding carboxylic acids is 2. The summed E-state index contributed by atoms with van der Waals surface area (Å²) in [7, 11) is -3.25. The lowest BCUT2D eigenvalue weighted by Gasteiger charge is -2.33. The molecule has 1 amide bonds. The molecule has 1 aliphatic heterocycles. The Hall–Kier alpha value is -1.87. The van der Waals surface area contributed by atoms with Gasteiger partial charge in [-0.15, -0.1) is 0 Å². The Kier molecular flexibility index (Phi) is 5.58. The lowest BCUT2D eigenvalue weighted by molar-refractivity contribution is 0.0376. The van der Waals surface area contributed by atoms with Crippen molar-refractivity contribution in [2.45, 2.75) is 33.8 Å². The van der Waals surface area contributed by atoms with E-state index < -0.39 is 16.0 Å². The Morgan fingerprint density at radius 3 is 2.16 bits per heavy atom. The Bertz CT molecular complexity index is 774. The second-order valence-corrected chi connectivity index (χ2v) is 8.52. The van der Waals surface area contributed by atoms with E-state index in [1.807, 2.05) is 0 Å². The maximum absolute atomic E-state index is 12.8. The zero-order chi connectivity index (χ0) is 18.9. The number of nitrogens with zero attached hydrogens (tertiary/aromatic N) is 2. The molecular weight excluding hydrogens is 346 g/mol. The van der Waals surface area contributed by atoms with Crippen LogP contribution in [0.2, 0.25) is 0 Å². The van der Waals surface area contributed by atoms with Crippen molar-refractivity contribution in [3.63, 3.8) is 0 Å². The normalized spacial score (nSPS) is 16.3. The maximum atomic E-state index is 12.8. The van der Waals surface area contributed by atoms with Crippen molar-refractivity contribution < 1.29 is 22.7 Å². The van der Waals surface area contributed by atoms with Gasteiger partial charge >= 0.3 is 5.97 Å². The first-order valence-corrected chi connectivity index (χ1v) is 10.0. The average Bonchev–Trinajstić information content (AvgIpc) is 2.80. The number of piperazine rings is 1. The van der Waals surface area contributed by atoms with Crippen LogP contribution in [-0.4, -0.2) is 73.0 Å². The van der Waals surface area contributed by atoms with Crippen molar-refractivity contribution >= 4 is 21.9 Å². The van der Waals surface area contributed by atoms with Gasteiger partial charge in [0.05, 0.1) is 17.9 Å². The minimum atomic E-state index is -3.25. The first-order chi connectivity index (χ1) is 11.5. The summed E-state index contributed by atoms with van der Waals surface area (Å²) in [5, 5.41) is 0. The molecule has 0 saturated carbocycles. The van der Waals surface area contributed by atoms with Crippen LogP contribution in [-0.2, 0) is 14.8 Å². The van der Waals surface area contributed by atoms with Crippen molar-refractivity contribution in [3.8, 4) is 0 Å². The van der Waals surface area contributed by atoms with Crippen molar-refractivity contribution in [2.75, 3.05) is 32.4 Å². The van der Waals surface area contributed by atoms with Crippen molar-refractivity contribution in [3.05, 3.63) is 22.5 Å². The first kappa shape index (κ1) is 19.5. The summed E-state index contributed by atoms with van der Waals surface area (Å²) in [5.41, 5.74) is 1.87. The van der Waals surface area contributed by atoms with E-state index in [4.69, 9.17) is 4.74 Å². The van der Waals surface area contributed by atoms with Gasteiger partial charge in [0.15, 0.2) is 0 Å². The van der Waals surface area contributed by atoms with E-state index in [1.54, 1.807) is 32.6 Å². The molecule has 0 aromatic carbocycles. The third-order valence-electron chi connectivity index (χ3n) is 4.19. The van der Waals surface area contributed by atoms with Crippen LogP contribution in [0.15, 0.2) is 0 Å². The molecular formula is C16H25N3O5S. The van der Waals surface area contributed by atoms with Gasteiger partial charge in [0, 0.05) is 31.9 Å². The molecule has 0 atom stereocenters. The van der Waals surface area contributed by atoms with Gasteiger partial charge in [-0.05, 0) is 33.3 Å². The number of nitrogens with one attached hydrogen (secondary N) is 1. The Balaban J connectivity index is 2.17. The summed E-state index contributed by atoms with van der Waals surface area (Å²) >= 11 is 0. The fourth-order valence-corrected chi connectivity index (χ4v) is 3.75. The smallest absolute Gasteiger partial charge is 0.340 e. The van der Waals surface area contributed by atoms with Gasteiger partial charge in [-0.2, -0.15) is 4.31 Å². The van der Waals surface area contributed by atoms with Gasteiger partial charge in [0.1, 0.15) is 5.69 Å². The molecule has 0 radical (unpaired) electrons. The summed E-state index contributed by atoms with van der Waals surface area (Å²) in [4.78, 5) is 29.6. The first-order valence-electron chi connectivity index (χ1n) is 8.17. The zero-order valence-electron chi connectivity index (χ0n) is 15.2. The fraction of sp³-hybridized carbons (Fsp3) is 0.625. The lowest BCUT2D eigenvalue weighted by atomic mass is 10.1. The molecule has 2 heterocycles. The highest BCUT2D eigenvalue weighted by Crippen LogP contribution is 2.21. The molecule has 0 bridgehead atoms. The summed E-state index contributed by atoms with van der Waals surface area (Å²) in [6.45, 7) is 8.13. The molecule has 25 heavy (non-hydrogen) atoms. The highest BCUT2D eigenvalue weighted by molar-refractivity contribution is 7.88. The van der Waals surface area contributed by atoms with E-state index >= 15 is 0 Å². The Labute approximate surface area is 148 Å². The van der Waals surface area contributed by atoms with Crippen LogP contribution in [0.5, 0.6) is 0 Å². The predicted octanol–water partition coefficient (Wildman–Crippen LogP) is 0.914. The Morgan fingerprint density at radius 1 is 1.12 bits per heavy atom. The quantitative estimate of drug-likeness (QED) is 0.793.